The van der Waals surface area contributed by atoms with Crippen LogP contribution >= 0.6 is 12.6 Å². The first-order valence-corrected chi connectivity index (χ1v) is 9.94. The standard InChI is InChI=1S/C17H30N4O8S/c1-3-8(2)13(18)16(27)21-11(7-30)15(26)20-10(6-22)14(25)19-9(17(28)29)4-5-12(23)24/h8-11,13,22,30H,3-7,18H2,1-2H3,(H,19,25)(H,20,26)(H,21,27)(H,23,24)(H,28,29). The number of carbonyl (C=O) groups is 5. The van der Waals surface area contributed by atoms with Crippen molar-refractivity contribution in [3.8, 4) is 0 Å². The largest absolute Gasteiger partial charge is 0.481 e. The maximum atomic E-state index is 12.4. The van der Waals surface area contributed by atoms with E-state index in [4.69, 9.17) is 15.9 Å². The second-order valence-electron chi connectivity index (χ2n) is 6.73. The molecule has 0 aromatic heterocycles. The number of amides is 3. The number of nitrogens with one attached hydrogen (secondary N) is 3. The molecule has 0 fully saturated rings. The van der Waals surface area contributed by atoms with Crippen molar-refractivity contribution in [2.75, 3.05) is 12.4 Å². The summed E-state index contributed by atoms with van der Waals surface area (Å²) in [5, 5.41) is 33.8. The SMILES string of the molecule is CCC(C)C(N)C(=O)NC(CS)C(=O)NC(CO)C(=O)NC(CCC(=O)O)C(=O)O. The summed E-state index contributed by atoms with van der Waals surface area (Å²) < 4.78 is 0. The van der Waals surface area contributed by atoms with E-state index in [1.807, 2.05) is 6.92 Å². The van der Waals surface area contributed by atoms with Crippen LogP contribution in [-0.4, -0.2) is 81.5 Å². The molecule has 0 aromatic carbocycles. The summed E-state index contributed by atoms with van der Waals surface area (Å²) in [6.45, 7) is 2.77. The number of carboxylic acids is 2. The van der Waals surface area contributed by atoms with Gasteiger partial charge in [0.2, 0.25) is 17.7 Å². The highest BCUT2D eigenvalue weighted by molar-refractivity contribution is 7.80. The molecule has 0 saturated carbocycles. The molecule has 3 amide bonds. The molecular formula is C17H30N4O8S. The molecule has 0 aromatic rings. The molecule has 0 aliphatic rings. The van der Waals surface area contributed by atoms with E-state index < -0.39 is 66.9 Å². The number of aliphatic hydroxyl groups excluding tert-OH is 1. The van der Waals surface area contributed by atoms with Gasteiger partial charge in [0.25, 0.3) is 0 Å². The average molecular weight is 451 g/mol. The van der Waals surface area contributed by atoms with E-state index in [1.54, 1.807) is 6.92 Å². The number of thiol groups is 1. The average Bonchev–Trinajstić information content (AvgIpc) is 2.70. The first-order chi connectivity index (χ1) is 14.0. The lowest BCUT2D eigenvalue weighted by molar-refractivity contribution is -0.143. The van der Waals surface area contributed by atoms with E-state index in [2.05, 4.69) is 28.6 Å². The molecule has 0 rings (SSSR count). The molecular weight excluding hydrogens is 420 g/mol. The maximum absolute atomic E-state index is 12.4. The fourth-order valence-electron chi connectivity index (χ4n) is 2.24. The Morgan fingerprint density at radius 2 is 1.43 bits per heavy atom. The second-order valence-corrected chi connectivity index (χ2v) is 7.10. The highest BCUT2D eigenvalue weighted by Gasteiger charge is 2.30. The Kier molecular flexibility index (Phi) is 12.7. The molecule has 0 aliphatic heterocycles. The van der Waals surface area contributed by atoms with Crippen LogP contribution in [-0.2, 0) is 24.0 Å². The Morgan fingerprint density at radius 3 is 1.87 bits per heavy atom. The van der Waals surface area contributed by atoms with Crippen molar-refractivity contribution in [1.82, 2.24) is 16.0 Å². The van der Waals surface area contributed by atoms with E-state index in [-0.39, 0.29) is 18.1 Å². The van der Waals surface area contributed by atoms with Gasteiger partial charge < -0.3 is 37.0 Å². The first-order valence-electron chi connectivity index (χ1n) is 9.31. The Balaban J connectivity index is 5.03. The van der Waals surface area contributed by atoms with Crippen LogP contribution in [0.25, 0.3) is 0 Å². The maximum Gasteiger partial charge on any atom is 0.326 e. The summed E-state index contributed by atoms with van der Waals surface area (Å²) in [7, 11) is 0. The zero-order chi connectivity index (χ0) is 23.4. The number of hydrogen-bond acceptors (Lipinski definition) is 8. The van der Waals surface area contributed by atoms with Gasteiger partial charge in [0, 0.05) is 12.2 Å². The predicted octanol–water partition coefficient (Wildman–Crippen LogP) is -2.31. The van der Waals surface area contributed by atoms with Gasteiger partial charge in [-0.3, -0.25) is 19.2 Å². The number of aliphatic hydroxyl groups is 1. The number of carboxylic acid groups (broad SMARTS) is 2. The Hall–Kier alpha value is -2.38. The third-order valence-corrected chi connectivity index (χ3v) is 4.82. The monoisotopic (exact) mass is 450 g/mol. The minimum Gasteiger partial charge on any atom is -0.481 e. The van der Waals surface area contributed by atoms with Crippen LogP contribution in [0.5, 0.6) is 0 Å². The minimum atomic E-state index is -1.52. The molecule has 30 heavy (non-hydrogen) atoms. The third kappa shape index (κ3) is 9.41. The second kappa shape index (κ2) is 13.8. The molecule has 0 radical (unpaired) electrons. The fraction of sp³-hybridized carbons (Fsp3) is 0.706. The third-order valence-electron chi connectivity index (χ3n) is 4.45. The van der Waals surface area contributed by atoms with Crippen LogP contribution in [0.4, 0.5) is 0 Å². The zero-order valence-electron chi connectivity index (χ0n) is 16.8. The van der Waals surface area contributed by atoms with Crippen LogP contribution in [0.2, 0.25) is 0 Å². The van der Waals surface area contributed by atoms with Crippen molar-refractivity contribution >= 4 is 42.3 Å². The molecule has 172 valence electrons. The Labute approximate surface area is 179 Å². The minimum absolute atomic E-state index is 0.124. The predicted molar refractivity (Wildman–Crippen MR) is 109 cm³/mol. The van der Waals surface area contributed by atoms with Gasteiger partial charge in [0.15, 0.2) is 0 Å². The van der Waals surface area contributed by atoms with Crippen LogP contribution in [0.1, 0.15) is 33.1 Å². The van der Waals surface area contributed by atoms with Crippen LogP contribution in [0, 0.1) is 5.92 Å². The van der Waals surface area contributed by atoms with Crippen molar-refractivity contribution < 1.29 is 39.3 Å². The molecule has 8 N–H and O–H groups in total. The van der Waals surface area contributed by atoms with Gasteiger partial charge in [-0.05, 0) is 12.3 Å². The quantitative estimate of drug-likeness (QED) is 0.133. The molecule has 0 saturated heterocycles. The van der Waals surface area contributed by atoms with E-state index in [9.17, 15) is 29.1 Å². The van der Waals surface area contributed by atoms with Gasteiger partial charge in [-0.1, -0.05) is 20.3 Å². The smallest absolute Gasteiger partial charge is 0.326 e. The topological polar surface area (TPSA) is 208 Å². The molecule has 0 spiro atoms. The van der Waals surface area contributed by atoms with Crippen molar-refractivity contribution in [1.29, 1.82) is 0 Å². The molecule has 13 heteroatoms. The summed E-state index contributed by atoms with van der Waals surface area (Å²) in [5.41, 5.74) is 5.81. The van der Waals surface area contributed by atoms with Crippen molar-refractivity contribution in [3.63, 3.8) is 0 Å². The van der Waals surface area contributed by atoms with E-state index in [0.717, 1.165) is 0 Å². The zero-order valence-corrected chi connectivity index (χ0v) is 17.7. The summed E-state index contributed by atoms with van der Waals surface area (Å²) in [6.07, 6.45) is -0.241. The molecule has 0 heterocycles. The normalized spacial score (nSPS) is 15.8. The molecule has 5 unspecified atom stereocenters. The number of aliphatic carboxylic acids is 2. The van der Waals surface area contributed by atoms with Crippen LogP contribution < -0.4 is 21.7 Å². The summed E-state index contributed by atoms with van der Waals surface area (Å²) in [6, 6.07) is -5.05. The van der Waals surface area contributed by atoms with E-state index in [1.165, 1.54) is 0 Å². The lowest BCUT2D eigenvalue weighted by atomic mass is 9.99. The fourth-order valence-corrected chi connectivity index (χ4v) is 2.50. The first kappa shape index (κ1) is 27.6. The van der Waals surface area contributed by atoms with E-state index in [0.29, 0.717) is 6.42 Å². The van der Waals surface area contributed by atoms with Gasteiger partial charge in [-0.25, -0.2) is 4.79 Å². The number of carbonyl (C=O) groups excluding carboxylic acids is 3. The molecule has 5 atom stereocenters. The molecule has 0 bridgehead atoms. The van der Waals surface area contributed by atoms with Crippen molar-refractivity contribution in [2.45, 2.75) is 57.3 Å². The summed E-state index contributed by atoms with van der Waals surface area (Å²) in [4.78, 5) is 58.5. The van der Waals surface area contributed by atoms with Gasteiger partial charge in [0.05, 0.1) is 12.6 Å². The summed E-state index contributed by atoms with van der Waals surface area (Å²) >= 11 is 3.99. The van der Waals surface area contributed by atoms with Gasteiger partial charge in [-0.15, -0.1) is 0 Å². The summed E-state index contributed by atoms with van der Waals surface area (Å²) in [5.74, 6) is -5.41. The van der Waals surface area contributed by atoms with Crippen LogP contribution in [0.15, 0.2) is 0 Å². The number of hydrogen-bond donors (Lipinski definition) is 8. The van der Waals surface area contributed by atoms with Gasteiger partial charge in [-0.2, -0.15) is 12.6 Å². The Morgan fingerprint density at radius 1 is 0.933 bits per heavy atom. The van der Waals surface area contributed by atoms with Gasteiger partial charge in [0.1, 0.15) is 18.1 Å². The Bertz CT molecular complexity index is 633. The van der Waals surface area contributed by atoms with Crippen molar-refractivity contribution in [2.24, 2.45) is 11.7 Å². The van der Waals surface area contributed by atoms with Crippen LogP contribution in [0.3, 0.4) is 0 Å². The van der Waals surface area contributed by atoms with Gasteiger partial charge >= 0.3 is 11.9 Å². The highest BCUT2D eigenvalue weighted by Crippen LogP contribution is 2.06. The lowest BCUT2D eigenvalue weighted by Gasteiger charge is -2.24. The number of rotatable bonds is 14. The van der Waals surface area contributed by atoms with E-state index >= 15 is 0 Å². The number of nitrogens with two attached hydrogens (primary N) is 1. The van der Waals surface area contributed by atoms with Crippen molar-refractivity contribution in [3.05, 3.63) is 0 Å². The molecule has 12 nitrogen and oxygen atoms in total. The molecule has 0 aliphatic carbocycles. The lowest BCUT2D eigenvalue weighted by Crippen LogP contribution is -2.59. The highest BCUT2D eigenvalue weighted by atomic mass is 32.1.